The first-order valence-electron chi connectivity index (χ1n) is 8.87. The zero-order chi connectivity index (χ0) is 19.1. The van der Waals surface area contributed by atoms with E-state index in [-0.39, 0.29) is 24.4 Å². The Kier molecular flexibility index (Phi) is 7.59. The van der Waals surface area contributed by atoms with Crippen LogP contribution < -0.4 is 10.6 Å². The Balaban J connectivity index is 1.70. The number of hydrogen-bond donors (Lipinski definition) is 2. The first kappa shape index (κ1) is 20.4. The molecule has 0 bridgehead atoms. The Morgan fingerprint density at radius 3 is 2.42 bits per heavy atom. The Bertz CT molecular complexity index is 676. The molecule has 26 heavy (non-hydrogen) atoms. The Labute approximate surface area is 162 Å². The molecule has 0 atom stereocenters. The maximum Gasteiger partial charge on any atom is 0.314 e. The van der Waals surface area contributed by atoms with Gasteiger partial charge in [-0.3, -0.25) is 14.5 Å². The zero-order valence-corrected chi connectivity index (χ0v) is 16.8. The van der Waals surface area contributed by atoms with Crippen molar-refractivity contribution in [3.8, 4) is 0 Å². The summed E-state index contributed by atoms with van der Waals surface area (Å²) in [5, 5.41) is 5.55. The van der Waals surface area contributed by atoms with Crippen LogP contribution in [0.4, 0.5) is 4.79 Å². The average Bonchev–Trinajstić information content (AvgIpc) is 2.86. The van der Waals surface area contributed by atoms with Gasteiger partial charge in [-0.2, -0.15) is 0 Å². The highest BCUT2D eigenvalue weighted by atomic mass is 79.9. The summed E-state index contributed by atoms with van der Waals surface area (Å²) in [6, 6.07) is 4.83. The van der Waals surface area contributed by atoms with E-state index < -0.39 is 0 Å². The first-order chi connectivity index (χ1) is 12.5. The summed E-state index contributed by atoms with van der Waals surface area (Å²) in [6.07, 6.45) is 0.510. The van der Waals surface area contributed by atoms with Gasteiger partial charge in [-0.05, 0) is 37.7 Å². The minimum atomic E-state index is -0.282. The van der Waals surface area contributed by atoms with Crippen molar-refractivity contribution < 1.29 is 14.4 Å². The van der Waals surface area contributed by atoms with Crippen LogP contribution in [0.5, 0.6) is 0 Å². The van der Waals surface area contributed by atoms with E-state index in [2.05, 4.69) is 45.3 Å². The zero-order valence-electron chi connectivity index (χ0n) is 15.2. The lowest BCUT2D eigenvalue weighted by atomic mass is 10.1. The van der Waals surface area contributed by atoms with Crippen molar-refractivity contribution >= 4 is 33.8 Å². The quantitative estimate of drug-likeness (QED) is 0.469. The molecule has 4 amide bonds. The number of urea groups is 1. The fourth-order valence-electron chi connectivity index (χ4n) is 2.83. The minimum Gasteiger partial charge on any atom is -0.338 e. The van der Waals surface area contributed by atoms with Gasteiger partial charge in [0.05, 0.1) is 11.1 Å². The lowest BCUT2D eigenvalue weighted by molar-refractivity contribution is 0.0653. The molecular formula is C18H25BrN4O3. The van der Waals surface area contributed by atoms with Crippen LogP contribution in [0.1, 0.15) is 41.0 Å². The van der Waals surface area contributed by atoms with E-state index in [1.54, 1.807) is 18.2 Å². The van der Waals surface area contributed by atoms with E-state index in [9.17, 15) is 14.4 Å². The molecule has 8 heteroatoms. The van der Waals surface area contributed by atoms with E-state index in [1.165, 1.54) is 4.90 Å². The number of carbonyl (C=O) groups is 3. The molecule has 1 aromatic carbocycles. The van der Waals surface area contributed by atoms with Crippen LogP contribution in [0.15, 0.2) is 22.7 Å². The molecule has 0 fully saturated rings. The predicted molar refractivity (Wildman–Crippen MR) is 103 cm³/mol. The van der Waals surface area contributed by atoms with Gasteiger partial charge in [0.15, 0.2) is 0 Å². The van der Waals surface area contributed by atoms with Crippen LogP contribution in [0.25, 0.3) is 0 Å². The standard InChI is InChI=1S/C18H25BrN4O3/c1-3-22(4-2)11-9-21-18(26)20-8-5-10-23-16(24)14-7-6-13(19)12-15(14)17(23)25/h6-7,12H,3-5,8-11H2,1-2H3,(H2,20,21,26). The van der Waals surface area contributed by atoms with Crippen molar-refractivity contribution in [1.82, 2.24) is 20.4 Å². The Hall–Kier alpha value is -1.93. The molecule has 2 N–H and O–H groups in total. The summed E-state index contributed by atoms with van der Waals surface area (Å²) in [4.78, 5) is 39.8. The van der Waals surface area contributed by atoms with Crippen molar-refractivity contribution in [2.45, 2.75) is 20.3 Å². The third-order valence-electron chi connectivity index (χ3n) is 4.38. The molecule has 0 saturated carbocycles. The van der Waals surface area contributed by atoms with Crippen LogP contribution in [0, 0.1) is 0 Å². The van der Waals surface area contributed by atoms with Gasteiger partial charge < -0.3 is 15.5 Å². The van der Waals surface area contributed by atoms with Crippen molar-refractivity contribution in [2.75, 3.05) is 39.3 Å². The van der Waals surface area contributed by atoms with Crippen LogP contribution in [0.3, 0.4) is 0 Å². The Morgan fingerprint density at radius 1 is 1.08 bits per heavy atom. The highest BCUT2D eigenvalue weighted by Gasteiger charge is 2.34. The molecule has 142 valence electrons. The van der Waals surface area contributed by atoms with Crippen molar-refractivity contribution in [3.05, 3.63) is 33.8 Å². The predicted octanol–water partition coefficient (Wildman–Crippen LogP) is 2.08. The van der Waals surface area contributed by atoms with E-state index in [4.69, 9.17) is 0 Å². The fraction of sp³-hybridized carbons (Fsp3) is 0.500. The lowest BCUT2D eigenvalue weighted by Gasteiger charge is -2.18. The second kappa shape index (κ2) is 9.68. The summed E-state index contributed by atoms with van der Waals surface area (Å²) < 4.78 is 0.766. The number of halogens is 1. The highest BCUT2D eigenvalue weighted by Crippen LogP contribution is 2.25. The molecule has 0 radical (unpaired) electrons. The second-order valence-corrected chi connectivity index (χ2v) is 6.93. The molecule has 1 aromatic rings. The van der Waals surface area contributed by atoms with E-state index in [0.717, 1.165) is 24.1 Å². The fourth-order valence-corrected chi connectivity index (χ4v) is 3.20. The highest BCUT2D eigenvalue weighted by molar-refractivity contribution is 9.10. The van der Waals surface area contributed by atoms with Crippen LogP contribution in [0.2, 0.25) is 0 Å². The van der Waals surface area contributed by atoms with Crippen LogP contribution in [-0.4, -0.2) is 66.9 Å². The van der Waals surface area contributed by atoms with Gasteiger partial charge in [0, 0.05) is 30.7 Å². The normalized spacial score (nSPS) is 13.3. The SMILES string of the molecule is CCN(CC)CCNC(=O)NCCCN1C(=O)c2ccc(Br)cc2C1=O. The second-order valence-electron chi connectivity index (χ2n) is 6.01. The van der Waals surface area contributed by atoms with Crippen LogP contribution in [-0.2, 0) is 0 Å². The Morgan fingerprint density at radius 2 is 1.73 bits per heavy atom. The number of nitrogens with zero attached hydrogens (tertiary/aromatic N) is 2. The number of nitrogens with one attached hydrogen (secondary N) is 2. The molecule has 2 rings (SSSR count). The molecule has 0 aromatic heterocycles. The van der Waals surface area contributed by atoms with Crippen molar-refractivity contribution in [3.63, 3.8) is 0 Å². The van der Waals surface area contributed by atoms with Crippen molar-refractivity contribution in [1.29, 1.82) is 0 Å². The van der Waals surface area contributed by atoms with Gasteiger partial charge in [0.25, 0.3) is 11.8 Å². The first-order valence-corrected chi connectivity index (χ1v) is 9.67. The molecular weight excluding hydrogens is 400 g/mol. The van der Waals surface area contributed by atoms with Gasteiger partial charge in [-0.25, -0.2) is 4.79 Å². The topological polar surface area (TPSA) is 81.8 Å². The van der Waals surface area contributed by atoms with E-state index in [0.29, 0.717) is 30.6 Å². The number of amides is 4. The monoisotopic (exact) mass is 424 g/mol. The van der Waals surface area contributed by atoms with Crippen LogP contribution >= 0.6 is 15.9 Å². The lowest BCUT2D eigenvalue weighted by Crippen LogP contribution is -2.41. The summed E-state index contributed by atoms with van der Waals surface area (Å²) in [6.45, 7) is 8.15. The van der Waals surface area contributed by atoms with Gasteiger partial charge in [0.1, 0.15) is 0 Å². The third-order valence-corrected chi connectivity index (χ3v) is 4.88. The molecule has 1 aliphatic heterocycles. The summed E-state index contributed by atoms with van der Waals surface area (Å²) >= 11 is 3.31. The number of imide groups is 1. The smallest absolute Gasteiger partial charge is 0.314 e. The summed E-state index contributed by atoms with van der Waals surface area (Å²) in [5.41, 5.74) is 0.854. The maximum atomic E-state index is 12.3. The van der Waals surface area contributed by atoms with E-state index >= 15 is 0 Å². The van der Waals surface area contributed by atoms with Gasteiger partial charge in [-0.15, -0.1) is 0 Å². The molecule has 0 spiro atoms. The molecule has 0 saturated heterocycles. The van der Waals surface area contributed by atoms with Crippen molar-refractivity contribution in [2.24, 2.45) is 0 Å². The number of likely N-dealkylation sites (N-methyl/N-ethyl adjacent to an activating group) is 1. The number of carbonyl (C=O) groups excluding carboxylic acids is 3. The molecule has 0 unspecified atom stereocenters. The average molecular weight is 425 g/mol. The minimum absolute atomic E-state index is 0.233. The summed E-state index contributed by atoms with van der Waals surface area (Å²) in [5.74, 6) is -0.559. The number of benzene rings is 1. The molecule has 1 aliphatic rings. The number of hydrogen-bond acceptors (Lipinski definition) is 4. The summed E-state index contributed by atoms with van der Waals surface area (Å²) in [7, 11) is 0. The number of fused-ring (bicyclic) bond motifs is 1. The molecule has 0 aliphatic carbocycles. The molecule has 1 heterocycles. The number of rotatable bonds is 9. The largest absolute Gasteiger partial charge is 0.338 e. The molecule has 7 nitrogen and oxygen atoms in total. The van der Waals surface area contributed by atoms with Gasteiger partial charge in [0.2, 0.25) is 0 Å². The maximum absolute atomic E-state index is 12.3. The van der Waals surface area contributed by atoms with Gasteiger partial charge >= 0.3 is 6.03 Å². The van der Waals surface area contributed by atoms with E-state index in [1.807, 2.05) is 0 Å². The van der Waals surface area contributed by atoms with Gasteiger partial charge in [-0.1, -0.05) is 29.8 Å². The third kappa shape index (κ3) is 5.04.